The summed E-state index contributed by atoms with van der Waals surface area (Å²) in [5.74, 6) is -0.358. The maximum absolute atomic E-state index is 13.2. The van der Waals surface area contributed by atoms with Crippen molar-refractivity contribution < 1.29 is 9.18 Å². The molecule has 0 saturated heterocycles. The molecule has 1 nitrogen and oxygen atoms in total. The summed E-state index contributed by atoms with van der Waals surface area (Å²) >= 11 is 0. The van der Waals surface area contributed by atoms with Crippen LogP contribution < -0.4 is 0 Å². The van der Waals surface area contributed by atoms with Gasteiger partial charge in [0.25, 0.3) is 0 Å². The molecule has 1 aliphatic carbocycles. The third-order valence-corrected chi connectivity index (χ3v) is 2.13. The van der Waals surface area contributed by atoms with Crippen molar-refractivity contribution in [1.29, 1.82) is 0 Å². The molecule has 0 bridgehead atoms. The summed E-state index contributed by atoms with van der Waals surface area (Å²) in [4.78, 5) is 11.4. The van der Waals surface area contributed by atoms with E-state index in [1.807, 2.05) is 6.07 Å². The highest BCUT2D eigenvalue weighted by Crippen LogP contribution is 2.42. The molecule has 0 aliphatic heterocycles. The zero-order chi connectivity index (χ0) is 8.60. The average molecular weight is 164 g/mol. The van der Waals surface area contributed by atoms with Crippen molar-refractivity contribution in [3.8, 4) is 0 Å². The summed E-state index contributed by atoms with van der Waals surface area (Å²) < 4.78 is 13.2. The highest BCUT2D eigenvalue weighted by Gasteiger charge is 2.50. The molecule has 2 rings (SSSR count). The molecule has 0 heterocycles. The van der Waals surface area contributed by atoms with Gasteiger partial charge >= 0.3 is 0 Å². The second kappa shape index (κ2) is 2.41. The summed E-state index contributed by atoms with van der Waals surface area (Å²) in [5, 5.41) is 0. The molecule has 0 atom stereocenters. The van der Waals surface area contributed by atoms with E-state index < -0.39 is 5.67 Å². The van der Waals surface area contributed by atoms with Gasteiger partial charge in [0, 0.05) is 5.56 Å². The monoisotopic (exact) mass is 164 g/mol. The first-order valence-corrected chi connectivity index (χ1v) is 4.01. The van der Waals surface area contributed by atoms with E-state index in [-0.39, 0.29) is 5.78 Å². The minimum absolute atomic E-state index is 0.358. The van der Waals surface area contributed by atoms with Crippen LogP contribution >= 0.6 is 0 Å². The number of carbonyl (C=O) groups is 1. The first-order valence-electron chi connectivity index (χ1n) is 4.01. The smallest absolute Gasteiger partial charge is 0.199 e. The Balaban J connectivity index is 2.26. The van der Waals surface area contributed by atoms with Gasteiger partial charge in [-0.1, -0.05) is 30.3 Å². The van der Waals surface area contributed by atoms with E-state index in [0.717, 1.165) is 0 Å². The number of hydrogen-bond acceptors (Lipinski definition) is 1. The molecule has 12 heavy (non-hydrogen) atoms. The Morgan fingerprint density at radius 3 is 2.33 bits per heavy atom. The van der Waals surface area contributed by atoms with Crippen LogP contribution in [0, 0.1) is 0 Å². The number of halogens is 1. The number of carbonyl (C=O) groups excluding carboxylic acids is 1. The second-order valence-corrected chi connectivity index (χ2v) is 3.16. The van der Waals surface area contributed by atoms with Gasteiger partial charge in [0.15, 0.2) is 11.5 Å². The fraction of sp³-hybridized carbons (Fsp3) is 0.300. The molecular formula is C10H9FO. The van der Waals surface area contributed by atoms with Gasteiger partial charge < -0.3 is 0 Å². The van der Waals surface area contributed by atoms with Crippen LogP contribution in [0.1, 0.15) is 23.2 Å². The standard InChI is InChI=1S/C10H9FO/c11-10(6-7-10)9(12)8-4-2-1-3-5-8/h1-5H,6-7H2. The lowest BCUT2D eigenvalue weighted by molar-refractivity contribution is 0.0850. The highest BCUT2D eigenvalue weighted by molar-refractivity contribution is 6.04. The predicted molar refractivity (Wildman–Crippen MR) is 43.8 cm³/mol. The number of rotatable bonds is 2. The van der Waals surface area contributed by atoms with Crippen molar-refractivity contribution in [1.82, 2.24) is 0 Å². The molecule has 0 radical (unpaired) electrons. The second-order valence-electron chi connectivity index (χ2n) is 3.16. The summed E-state index contributed by atoms with van der Waals surface area (Å²) in [6.07, 6.45) is 0.779. The Bertz CT molecular complexity index is 301. The summed E-state index contributed by atoms with van der Waals surface area (Å²) in [7, 11) is 0. The van der Waals surface area contributed by atoms with E-state index in [0.29, 0.717) is 18.4 Å². The number of benzene rings is 1. The van der Waals surface area contributed by atoms with Crippen LogP contribution in [-0.4, -0.2) is 11.5 Å². The minimum atomic E-state index is -1.53. The molecule has 0 aromatic heterocycles. The quantitative estimate of drug-likeness (QED) is 0.613. The van der Waals surface area contributed by atoms with Crippen LogP contribution in [0.2, 0.25) is 0 Å². The Hall–Kier alpha value is -1.18. The van der Waals surface area contributed by atoms with Gasteiger partial charge in [-0.05, 0) is 12.8 Å². The first-order chi connectivity index (χ1) is 5.72. The third kappa shape index (κ3) is 1.13. The van der Waals surface area contributed by atoms with Gasteiger partial charge in [-0.15, -0.1) is 0 Å². The molecule has 2 heteroatoms. The zero-order valence-corrected chi connectivity index (χ0v) is 6.59. The molecule has 1 aromatic rings. The van der Waals surface area contributed by atoms with Gasteiger partial charge in [0.05, 0.1) is 0 Å². The van der Waals surface area contributed by atoms with E-state index in [9.17, 15) is 9.18 Å². The van der Waals surface area contributed by atoms with Gasteiger partial charge in [-0.3, -0.25) is 4.79 Å². The van der Waals surface area contributed by atoms with Crippen LogP contribution in [0.5, 0.6) is 0 Å². The molecule has 0 amide bonds. The lowest BCUT2D eigenvalue weighted by Crippen LogP contribution is -2.16. The van der Waals surface area contributed by atoms with E-state index in [1.165, 1.54) is 0 Å². The molecule has 1 aromatic carbocycles. The topological polar surface area (TPSA) is 17.1 Å². The molecule has 0 unspecified atom stereocenters. The number of ketones is 1. The van der Waals surface area contributed by atoms with Crippen molar-refractivity contribution in [3.63, 3.8) is 0 Å². The van der Waals surface area contributed by atoms with Crippen molar-refractivity contribution in [2.75, 3.05) is 0 Å². The van der Waals surface area contributed by atoms with E-state index in [2.05, 4.69) is 0 Å². The molecule has 62 valence electrons. The van der Waals surface area contributed by atoms with Crippen LogP contribution in [0.25, 0.3) is 0 Å². The van der Waals surface area contributed by atoms with Crippen molar-refractivity contribution in [2.45, 2.75) is 18.5 Å². The number of Topliss-reactive ketones (excluding diaryl/α,β-unsaturated/α-hetero) is 1. The molecule has 1 fully saturated rings. The lowest BCUT2D eigenvalue weighted by Gasteiger charge is -2.02. The van der Waals surface area contributed by atoms with Crippen molar-refractivity contribution in [3.05, 3.63) is 35.9 Å². The Morgan fingerprint density at radius 1 is 1.25 bits per heavy atom. The fourth-order valence-corrected chi connectivity index (χ4v) is 1.19. The molecule has 0 spiro atoms. The maximum Gasteiger partial charge on any atom is 0.199 e. The third-order valence-electron chi connectivity index (χ3n) is 2.13. The van der Waals surface area contributed by atoms with Crippen LogP contribution in [0.3, 0.4) is 0 Å². The Morgan fingerprint density at radius 2 is 1.83 bits per heavy atom. The maximum atomic E-state index is 13.2. The summed E-state index contributed by atoms with van der Waals surface area (Å²) in [5.41, 5.74) is -1.04. The zero-order valence-electron chi connectivity index (χ0n) is 6.59. The Kier molecular flexibility index (Phi) is 1.50. The largest absolute Gasteiger partial charge is 0.291 e. The van der Waals surface area contributed by atoms with Crippen LogP contribution in [0.15, 0.2) is 30.3 Å². The molecule has 1 aliphatic rings. The summed E-state index contributed by atoms with van der Waals surface area (Å²) in [6, 6.07) is 8.62. The molecule has 0 N–H and O–H groups in total. The highest BCUT2D eigenvalue weighted by atomic mass is 19.1. The van der Waals surface area contributed by atoms with E-state index in [4.69, 9.17) is 0 Å². The molecular weight excluding hydrogens is 155 g/mol. The first kappa shape index (κ1) is 7.47. The lowest BCUT2D eigenvalue weighted by atomic mass is 10.1. The number of hydrogen-bond donors (Lipinski definition) is 0. The fourth-order valence-electron chi connectivity index (χ4n) is 1.19. The predicted octanol–water partition coefficient (Wildman–Crippen LogP) is 2.37. The summed E-state index contributed by atoms with van der Waals surface area (Å²) in [6.45, 7) is 0. The molecule has 1 saturated carbocycles. The Labute approximate surface area is 70.2 Å². The number of alkyl halides is 1. The minimum Gasteiger partial charge on any atom is -0.291 e. The normalized spacial score (nSPS) is 18.8. The van der Waals surface area contributed by atoms with E-state index >= 15 is 0 Å². The average Bonchev–Trinajstić information content (AvgIpc) is 2.85. The van der Waals surface area contributed by atoms with Crippen molar-refractivity contribution in [2.24, 2.45) is 0 Å². The van der Waals surface area contributed by atoms with Gasteiger partial charge in [-0.25, -0.2) is 4.39 Å². The van der Waals surface area contributed by atoms with Crippen molar-refractivity contribution >= 4 is 5.78 Å². The van der Waals surface area contributed by atoms with Crippen LogP contribution in [0.4, 0.5) is 4.39 Å². The SMILES string of the molecule is O=C(c1ccccc1)C1(F)CC1. The van der Waals surface area contributed by atoms with Gasteiger partial charge in [0.1, 0.15) is 0 Å². The van der Waals surface area contributed by atoms with E-state index in [1.54, 1.807) is 24.3 Å². The van der Waals surface area contributed by atoms with Crippen LogP contribution in [-0.2, 0) is 0 Å². The van der Waals surface area contributed by atoms with Gasteiger partial charge in [-0.2, -0.15) is 0 Å². The van der Waals surface area contributed by atoms with Gasteiger partial charge in [0.2, 0.25) is 0 Å².